The van der Waals surface area contributed by atoms with E-state index in [0.717, 1.165) is 22.6 Å². The Bertz CT molecular complexity index is 799. The van der Waals surface area contributed by atoms with Crippen molar-refractivity contribution in [2.24, 2.45) is 5.10 Å². The van der Waals surface area contributed by atoms with E-state index in [0.29, 0.717) is 0 Å². The number of hydrogen-bond donors (Lipinski definition) is 2. The van der Waals surface area contributed by atoms with E-state index in [-0.39, 0.29) is 0 Å². The number of benzene rings is 1. The molecule has 0 saturated heterocycles. The van der Waals surface area contributed by atoms with Crippen molar-refractivity contribution in [2.75, 3.05) is 0 Å². The molecule has 1 aromatic heterocycles. The van der Waals surface area contributed by atoms with E-state index < -0.39 is 17.4 Å². The summed E-state index contributed by atoms with van der Waals surface area (Å²) in [6.07, 6.45) is 1.55. The lowest BCUT2D eigenvalue weighted by molar-refractivity contribution is -0.140. The van der Waals surface area contributed by atoms with E-state index >= 15 is 0 Å². The third kappa shape index (κ3) is 4.79. The number of amides is 2. The molecule has 25 heavy (non-hydrogen) atoms. The number of nitrogens with one attached hydrogen (secondary N) is 2. The molecule has 0 unspecified atom stereocenters. The highest BCUT2D eigenvalue weighted by atomic mass is 16.2. The zero-order valence-corrected chi connectivity index (χ0v) is 15.3. The Morgan fingerprint density at radius 2 is 1.72 bits per heavy atom. The first-order chi connectivity index (χ1) is 11.7. The second-order valence-corrected chi connectivity index (χ2v) is 6.90. The summed E-state index contributed by atoms with van der Waals surface area (Å²) >= 11 is 0. The molecular weight excluding hydrogens is 316 g/mol. The molecule has 0 radical (unpaired) electrons. The Morgan fingerprint density at radius 3 is 2.32 bits per heavy atom. The summed E-state index contributed by atoms with van der Waals surface area (Å²) in [7, 11) is 0. The van der Waals surface area contributed by atoms with Crippen molar-refractivity contribution in [3.63, 3.8) is 0 Å². The van der Waals surface area contributed by atoms with Crippen LogP contribution in [-0.2, 0) is 9.59 Å². The van der Waals surface area contributed by atoms with Gasteiger partial charge >= 0.3 is 11.8 Å². The van der Waals surface area contributed by atoms with E-state index in [1.165, 1.54) is 0 Å². The maximum atomic E-state index is 11.7. The number of rotatable bonds is 3. The van der Waals surface area contributed by atoms with Gasteiger partial charge in [0, 0.05) is 28.2 Å². The molecule has 2 aromatic rings. The first-order valence-corrected chi connectivity index (χ1v) is 8.09. The summed E-state index contributed by atoms with van der Waals surface area (Å²) in [6, 6.07) is 12.0. The monoisotopic (exact) mass is 340 g/mol. The number of aromatic nitrogens is 1. The first kappa shape index (κ1) is 18.4. The van der Waals surface area contributed by atoms with Crippen LogP contribution in [-0.4, -0.2) is 28.1 Å². The molecule has 0 spiro atoms. The highest BCUT2D eigenvalue weighted by Crippen LogP contribution is 2.19. The lowest BCUT2D eigenvalue weighted by atomic mass is 10.1. The summed E-state index contributed by atoms with van der Waals surface area (Å²) in [5, 5.41) is 6.49. The predicted molar refractivity (Wildman–Crippen MR) is 98.9 cm³/mol. The van der Waals surface area contributed by atoms with Gasteiger partial charge < -0.3 is 9.88 Å². The number of carbonyl (C=O) groups excluding carboxylic acids is 2. The highest BCUT2D eigenvalue weighted by Gasteiger charge is 2.19. The second kappa shape index (κ2) is 7.34. The third-order valence-corrected chi connectivity index (χ3v) is 3.55. The minimum atomic E-state index is -0.789. The Hall–Kier alpha value is -2.89. The van der Waals surface area contributed by atoms with Gasteiger partial charge in [-0.25, -0.2) is 5.43 Å². The minimum Gasteiger partial charge on any atom is -0.343 e. The number of para-hydroxylation sites is 1. The molecule has 2 amide bonds. The van der Waals surface area contributed by atoms with Crippen molar-refractivity contribution in [3.8, 4) is 5.69 Å². The van der Waals surface area contributed by atoms with Gasteiger partial charge in [0.1, 0.15) is 0 Å². The largest absolute Gasteiger partial charge is 0.343 e. The molecule has 0 aliphatic rings. The average molecular weight is 340 g/mol. The maximum absolute atomic E-state index is 11.7. The number of nitrogens with zero attached hydrogens (tertiary/aromatic N) is 2. The Balaban J connectivity index is 2.10. The van der Waals surface area contributed by atoms with Crippen molar-refractivity contribution in [2.45, 2.75) is 40.2 Å². The standard InChI is InChI=1S/C19H24N4O2/c1-13-11-15(14(2)23(13)16-9-7-6-8-10-16)12-20-22-18(25)17(24)21-19(3,4)5/h6-12H,1-5H3,(H,21,24)(H,22,25)/b20-12-. The predicted octanol–water partition coefficient (Wildman–Crippen LogP) is 2.46. The number of hydrogen-bond acceptors (Lipinski definition) is 3. The lowest BCUT2D eigenvalue weighted by Gasteiger charge is -2.19. The van der Waals surface area contributed by atoms with Gasteiger partial charge in [0.05, 0.1) is 6.21 Å². The fourth-order valence-electron chi connectivity index (χ4n) is 2.50. The van der Waals surface area contributed by atoms with Crippen LogP contribution in [0, 0.1) is 13.8 Å². The lowest BCUT2D eigenvalue weighted by Crippen LogP contribution is -2.47. The Morgan fingerprint density at radius 1 is 1.08 bits per heavy atom. The zero-order valence-electron chi connectivity index (χ0n) is 15.3. The molecule has 0 aliphatic heterocycles. The normalized spacial score (nSPS) is 11.6. The van der Waals surface area contributed by atoms with Crippen LogP contribution in [0.4, 0.5) is 0 Å². The molecule has 6 nitrogen and oxygen atoms in total. The number of carbonyl (C=O) groups is 2. The molecule has 2 N–H and O–H groups in total. The van der Waals surface area contributed by atoms with Gasteiger partial charge in [-0.2, -0.15) is 5.10 Å². The molecule has 2 rings (SSSR count). The molecule has 0 fully saturated rings. The van der Waals surface area contributed by atoms with Crippen LogP contribution in [0.25, 0.3) is 5.69 Å². The molecule has 132 valence electrons. The van der Waals surface area contributed by atoms with Crippen molar-refractivity contribution >= 4 is 18.0 Å². The van der Waals surface area contributed by atoms with Gasteiger partial charge in [0.2, 0.25) is 0 Å². The van der Waals surface area contributed by atoms with E-state index in [4.69, 9.17) is 0 Å². The number of hydrazone groups is 1. The van der Waals surface area contributed by atoms with Crippen LogP contribution in [0.2, 0.25) is 0 Å². The van der Waals surface area contributed by atoms with E-state index in [2.05, 4.69) is 20.4 Å². The van der Waals surface area contributed by atoms with Gasteiger partial charge in [0.15, 0.2) is 0 Å². The van der Waals surface area contributed by atoms with Gasteiger partial charge in [-0.15, -0.1) is 0 Å². The molecule has 6 heteroatoms. The molecule has 0 bridgehead atoms. The SMILES string of the molecule is Cc1cc(/C=N\NC(=O)C(=O)NC(C)(C)C)c(C)n1-c1ccccc1. The van der Waals surface area contributed by atoms with Crippen molar-refractivity contribution in [3.05, 3.63) is 53.3 Å². The van der Waals surface area contributed by atoms with E-state index in [1.807, 2.05) is 50.2 Å². The van der Waals surface area contributed by atoms with E-state index in [1.54, 1.807) is 27.0 Å². The summed E-state index contributed by atoms with van der Waals surface area (Å²) in [4.78, 5) is 23.5. The minimum absolute atomic E-state index is 0.473. The summed E-state index contributed by atoms with van der Waals surface area (Å²) in [5.74, 6) is -1.50. The number of aryl methyl sites for hydroxylation is 1. The van der Waals surface area contributed by atoms with Crippen LogP contribution >= 0.6 is 0 Å². The second-order valence-electron chi connectivity index (χ2n) is 6.90. The molecule has 0 saturated carbocycles. The van der Waals surface area contributed by atoms with Crippen molar-refractivity contribution in [1.82, 2.24) is 15.3 Å². The van der Waals surface area contributed by atoms with Crippen LogP contribution in [0.15, 0.2) is 41.5 Å². The first-order valence-electron chi connectivity index (χ1n) is 8.09. The quantitative estimate of drug-likeness (QED) is 0.512. The smallest absolute Gasteiger partial charge is 0.329 e. The highest BCUT2D eigenvalue weighted by molar-refractivity contribution is 6.35. The summed E-state index contributed by atoms with van der Waals surface area (Å²) in [5.41, 5.74) is 5.78. The van der Waals surface area contributed by atoms with Gasteiger partial charge in [-0.1, -0.05) is 18.2 Å². The molecule has 1 heterocycles. The fourth-order valence-corrected chi connectivity index (χ4v) is 2.50. The fraction of sp³-hybridized carbons (Fsp3) is 0.316. The third-order valence-electron chi connectivity index (χ3n) is 3.55. The van der Waals surface area contributed by atoms with Gasteiger partial charge in [-0.05, 0) is 52.8 Å². The van der Waals surface area contributed by atoms with Crippen LogP contribution in [0.1, 0.15) is 37.7 Å². The Labute approximate surface area is 147 Å². The molecule has 0 aliphatic carbocycles. The summed E-state index contributed by atoms with van der Waals surface area (Å²) in [6.45, 7) is 9.40. The summed E-state index contributed by atoms with van der Waals surface area (Å²) < 4.78 is 2.11. The maximum Gasteiger partial charge on any atom is 0.329 e. The van der Waals surface area contributed by atoms with Crippen molar-refractivity contribution < 1.29 is 9.59 Å². The molecular formula is C19H24N4O2. The van der Waals surface area contributed by atoms with Gasteiger partial charge in [0.25, 0.3) is 0 Å². The van der Waals surface area contributed by atoms with Crippen molar-refractivity contribution in [1.29, 1.82) is 0 Å². The molecule has 0 atom stereocenters. The topological polar surface area (TPSA) is 75.5 Å². The Kier molecular flexibility index (Phi) is 5.41. The molecule has 1 aromatic carbocycles. The van der Waals surface area contributed by atoms with Crippen LogP contribution in [0.3, 0.4) is 0 Å². The van der Waals surface area contributed by atoms with Crippen LogP contribution in [0.5, 0.6) is 0 Å². The van der Waals surface area contributed by atoms with Crippen LogP contribution < -0.4 is 10.7 Å². The van der Waals surface area contributed by atoms with Gasteiger partial charge in [-0.3, -0.25) is 9.59 Å². The average Bonchev–Trinajstić information content (AvgIpc) is 2.80. The zero-order chi connectivity index (χ0) is 18.6. The van der Waals surface area contributed by atoms with E-state index in [9.17, 15) is 9.59 Å².